The number of rotatable bonds is 4. The molecule has 0 spiro atoms. The average Bonchev–Trinajstić information content (AvgIpc) is 2.89. The van der Waals surface area contributed by atoms with Gasteiger partial charge in [-0.1, -0.05) is 29.8 Å². The van der Waals surface area contributed by atoms with Crippen LogP contribution in [0.15, 0.2) is 47.4 Å². The number of hydrogen-bond donors (Lipinski definition) is 2. The van der Waals surface area contributed by atoms with Crippen LogP contribution in [0.5, 0.6) is 0 Å². The number of carbonyl (C=O) groups is 1. The van der Waals surface area contributed by atoms with E-state index in [9.17, 15) is 18.0 Å². The van der Waals surface area contributed by atoms with Gasteiger partial charge >= 0.3 is 6.18 Å². The van der Waals surface area contributed by atoms with Crippen LogP contribution in [0.2, 0.25) is 5.02 Å². The predicted molar refractivity (Wildman–Crippen MR) is 98.8 cm³/mol. The maximum atomic E-state index is 12.8. The SMILES string of the molecule is Cc1[nH]c2ccccc2c1SCC(=O)Nc1cc(C(F)(F)F)ccc1Cl. The Bertz CT molecular complexity index is 969. The lowest BCUT2D eigenvalue weighted by Crippen LogP contribution is -2.15. The Morgan fingerprint density at radius 3 is 2.69 bits per heavy atom. The summed E-state index contributed by atoms with van der Waals surface area (Å²) in [4.78, 5) is 16.4. The van der Waals surface area contributed by atoms with Gasteiger partial charge in [0.2, 0.25) is 5.91 Å². The molecule has 1 aromatic heterocycles. The third-order valence-corrected chi connectivity index (χ3v) is 5.30. The van der Waals surface area contributed by atoms with Crippen molar-refractivity contribution in [3.63, 3.8) is 0 Å². The highest BCUT2D eigenvalue weighted by molar-refractivity contribution is 8.00. The number of alkyl halides is 3. The standard InChI is InChI=1S/C18H14ClF3N2OS/c1-10-17(12-4-2-3-5-14(12)23-10)26-9-16(25)24-15-8-11(18(20,21)22)6-7-13(15)19/h2-8,23H,9H2,1H3,(H,24,25). The van der Waals surface area contributed by atoms with Crippen LogP contribution < -0.4 is 5.32 Å². The van der Waals surface area contributed by atoms with Gasteiger partial charge in [0.1, 0.15) is 0 Å². The lowest BCUT2D eigenvalue weighted by atomic mass is 10.2. The summed E-state index contributed by atoms with van der Waals surface area (Å²) < 4.78 is 38.4. The summed E-state index contributed by atoms with van der Waals surface area (Å²) in [6.45, 7) is 1.91. The molecule has 0 unspecified atom stereocenters. The molecule has 3 rings (SSSR count). The molecule has 0 saturated carbocycles. The van der Waals surface area contributed by atoms with E-state index in [1.54, 1.807) is 0 Å². The fraction of sp³-hybridized carbons (Fsp3) is 0.167. The van der Waals surface area contributed by atoms with Gasteiger partial charge in [-0.3, -0.25) is 4.79 Å². The van der Waals surface area contributed by atoms with E-state index < -0.39 is 17.6 Å². The summed E-state index contributed by atoms with van der Waals surface area (Å²) in [6, 6.07) is 10.5. The second-order valence-electron chi connectivity index (χ2n) is 5.65. The van der Waals surface area contributed by atoms with Gasteiger partial charge in [-0.25, -0.2) is 0 Å². The van der Waals surface area contributed by atoms with Crippen molar-refractivity contribution in [3.05, 3.63) is 58.7 Å². The minimum absolute atomic E-state index is 0.0509. The van der Waals surface area contributed by atoms with Crippen molar-refractivity contribution >= 4 is 45.9 Å². The van der Waals surface area contributed by atoms with Crippen LogP contribution in [0, 0.1) is 6.92 Å². The highest BCUT2D eigenvalue weighted by atomic mass is 35.5. The quantitative estimate of drug-likeness (QED) is 0.539. The minimum atomic E-state index is -4.50. The molecule has 1 heterocycles. The number of benzene rings is 2. The number of fused-ring (bicyclic) bond motifs is 1. The molecule has 0 aliphatic heterocycles. The number of nitrogens with one attached hydrogen (secondary N) is 2. The average molecular weight is 399 g/mol. The van der Waals surface area contributed by atoms with Gasteiger partial charge in [0.05, 0.1) is 22.0 Å². The molecule has 2 aromatic carbocycles. The number of hydrogen-bond acceptors (Lipinski definition) is 2. The van der Waals surface area contributed by atoms with Crippen LogP contribution in [-0.2, 0) is 11.0 Å². The Hall–Kier alpha value is -2.12. The lowest BCUT2D eigenvalue weighted by Gasteiger charge is -2.11. The number of aromatic amines is 1. The van der Waals surface area contributed by atoms with Crippen molar-refractivity contribution in [2.45, 2.75) is 18.0 Å². The molecular formula is C18H14ClF3N2OS. The summed E-state index contributed by atoms with van der Waals surface area (Å²) in [5, 5.41) is 3.51. The van der Waals surface area contributed by atoms with Gasteiger partial charge in [-0.05, 0) is 31.2 Å². The molecule has 3 aromatic rings. The van der Waals surface area contributed by atoms with Crippen molar-refractivity contribution in [2.75, 3.05) is 11.1 Å². The number of halogens is 4. The van der Waals surface area contributed by atoms with Crippen LogP contribution in [0.25, 0.3) is 10.9 Å². The van der Waals surface area contributed by atoms with Crippen LogP contribution in [0.4, 0.5) is 18.9 Å². The Labute approximate surface area is 156 Å². The molecule has 1 amide bonds. The van der Waals surface area contributed by atoms with Crippen molar-refractivity contribution in [3.8, 4) is 0 Å². The predicted octanol–water partition coefficient (Wildman–Crippen LogP) is 5.88. The van der Waals surface area contributed by atoms with Crippen molar-refractivity contribution in [1.29, 1.82) is 0 Å². The fourth-order valence-corrected chi connectivity index (χ4v) is 3.67. The number of carbonyl (C=O) groups excluding carboxylic acids is 1. The van der Waals surface area contributed by atoms with Crippen LogP contribution in [0.1, 0.15) is 11.3 Å². The lowest BCUT2D eigenvalue weighted by molar-refractivity contribution is -0.137. The second-order valence-corrected chi connectivity index (χ2v) is 7.05. The monoisotopic (exact) mass is 398 g/mol. The molecule has 26 heavy (non-hydrogen) atoms. The van der Waals surface area contributed by atoms with Crippen LogP contribution in [-0.4, -0.2) is 16.6 Å². The van der Waals surface area contributed by atoms with Gasteiger partial charge in [-0.2, -0.15) is 13.2 Å². The van der Waals surface area contributed by atoms with E-state index >= 15 is 0 Å². The molecule has 0 saturated heterocycles. The third kappa shape index (κ3) is 3.99. The normalized spacial score (nSPS) is 11.7. The van der Waals surface area contributed by atoms with Gasteiger partial charge in [-0.15, -0.1) is 11.8 Å². The maximum Gasteiger partial charge on any atom is 0.416 e. The number of amides is 1. The second kappa shape index (κ2) is 7.25. The first-order chi connectivity index (χ1) is 12.3. The number of aromatic nitrogens is 1. The first-order valence-electron chi connectivity index (χ1n) is 7.62. The zero-order valence-corrected chi connectivity index (χ0v) is 15.1. The number of thioether (sulfide) groups is 1. The van der Waals surface area contributed by atoms with Gasteiger partial charge in [0, 0.05) is 21.5 Å². The molecule has 136 valence electrons. The zero-order chi connectivity index (χ0) is 18.9. The molecule has 3 nitrogen and oxygen atoms in total. The van der Waals surface area contributed by atoms with Crippen molar-refractivity contribution < 1.29 is 18.0 Å². The number of aryl methyl sites for hydroxylation is 1. The molecular weight excluding hydrogens is 385 g/mol. The minimum Gasteiger partial charge on any atom is -0.358 e. The van der Waals surface area contributed by atoms with E-state index in [0.29, 0.717) is 0 Å². The summed E-state index contributed by atoms with van der Waals surface area (Å²) >= 11 is 7.22. The highest BCUT2D eigenvalue weighted by Crippen LogP contribution is 2.34. The molecule has 8 heteroatoms. The Morgan fingerprint density at radius 1 is 1.23 bits per heavy atom. The summed E-state index contributed by atoms with van der Waals surface area (Å²) in [5.41, 5.74) is 0.981. The Kier molecular flexibility index (Phi) is 5.20. The number of para-hydroxylation sites is 1. The smallest absolute Gasteiger partial charge is 0.358 e. The highest BCUT2D eigenvalue weighted by Gasteiger charge is 2.31. The molecule has 0 fully saturated rings. The topological polar surface area (TPSA) is 44.9 Å². The molecule has 0 radical (unpaired) electrons. The molecule has 2 N–H and O–H groups in total. The maximum absolute atomic E-state index is 12.8. The van der Waals surface area contributed by atoms with E-state index in [1.165, 1.54) is 11.8 Å². The third-order valence-electron chi connectivity index (χ3n) is 3.75. The first-order valence-corrected chi connectivity index (χ1v) is 8.99. The molecule has 0 aliphatic carbocycles. The van der Waals surface area contributed by atoms with Crippen LogP contribution >= 0.6 is 23.4 Å². The van der Waals surface area contributed by atoms with E-state index in [-0.39, 0.29) is 16.5 Å². The van der Waals surface area contributed by atoms with E-state index in [2.05, 4.69) is 10.3 Å². The molecule has 0 aliphatic rings. The van der Waals surface area contributed by atoms with E-state index in [4.69, 9.17) is 11.6 Å². The van der Waals surface area contributed by atoms with Gasteiger partial charge in [0.25, 0.3) is 0 Å². The van der Waals surface area contributed by atoms with E-state index in [1.807, 2.05) is 31.2 Å². The largest absolute Gasteiger partial charge is 0.416 e. The van der Waals surface area contributed by atoms with Gasteiger partial charge in [0.15, 0.2) is 0 Å². The zero-order valence-electron chi connectivity index (χ0n) is 13.6. The molecule has 0 bridgehead atoms. The van der Waals surface area contributed by atoms with Crippen LogP contribution in [0.3, 0.4) is 0 Å². The molecule has 0 atom stereocenters. The number of H-pyrrole nitrogens is 1. The number of anilines is 1. The Balaban J connectivity index is 1.72. The first kappa shape index (κ1) is 18.7. The van der Waals surface area contributed by atoms with Crippen molar-refractivity contribution in [2.24, 2.45) is 0 Å². The summed E-state index contributed by atoms with van der Waals surface area (Å²) in [7, 11) is 0. The van der Waals surface area contributed by atoms with E-state index in [0.717, 1.165) is 39.7 Å². The summed E-state index contributed by atoms with van der Waals surface area (Å²) in [5.74, 6) is -0.379. The van der Waals surface area contributed by atoms with Crippen molar-refractivity contribution in [1.82, 2.24) is 4.98 Å². The summed E-state index contributed by atoms with van der Waals surface area (Å²) in [6.07, 6.45) is -4.50. The fourth-order valence-electron chi connectivity index (χ4n) is 2.56. The Morgan fingerprint density at radius 2 is 1.96 bits per heavy atom. The van der Waals surface area contributed by atoms with Gasteiger partial charge < -0.3 is 10.3 Å².